The lowest BCUT2D eigenvalue weighted by molar-refractivity contribution is -0.394. The van der Waals surface area contributed by atoms with Crippen LogP contribution in [0.25, 0.3) is 10.8 Å². The van der Waals surface area contributed by atoms with Crippen molar-refractivity contribution in [1.29, 1.82) is 0 Å². The number of nitrogens with one attached hydrogen (secondary N) is 1. The molecule has 3 aromatic carbocycles. The molecule has 0 spiro atoms. The number of carbonyl (C=O) groups excluding carboxylic acids is 1. The van der Waals surface area contributed by atoms with Crippen molar-refractivity contribution in [2.45, 2.75) is 13.2 Å². The topological polar surface area (TPSA) is 49.7 Å². The normalized spacial score (nSPS) is 10.6. The fourth-order valence-corrected chi connectivity index (χ4v) is 3.02. The standard InChI is InChI=1S/C24H19NO3/c26-24(28-17-21-11-3-4-14-25-21)20-10-5-7-18(15-20)16-27-23-13-6-9-19-8-1-2-12-22(19)23/h1-15H,16-17H2/p+1. The monoisotopic (exact) mass is 370 g/mol. The second-order valence-electron chi connectivity index (χ2n) is 6.43. The molecule has 1 heterocycles. The molecule has 28 heavy (non-hydrogen) atoms. The molecule has 0 atom stereocenters. The predicted octanol–water partition coefficient (Wildman–Crippen LogP) is 4.59. The van der Waals surface area contributed by atoms with Crippen molar-refractivity contribution in [3.63, 3.8) is 0 Å². The third-order valence-electron chi connectivity index (χ3n) is 4.44. The number of benzene rings is 3. The van der Waals surface area contributed by atoms with E-state index in [9.17, 15) is 4.79 Å². The zero-order valence-corrected chi connectivity index (χ0v) is 15.3. The minimum Gasteiger partial charge on any atom is -0.488 e. The molecule has 0 radical (unpaired) electrons. The smallest absolute Gasteiger partial charge is 0.338 e. The summed E-state index contributed by atoms with van der Waals surface area (Å²) in [6.45, 7) is 0.581. The molecule has 0 amide bonds. The Morgan fingerprint density at radius 2 is 1.64 bits per heavy atom. The zero-order chi connectivity index (χ0) is 19.2. The Bertz CT molecular complexity index is 1090. The highest BCUT2D eigenvalue weighted by Crippen LogP contribution is 2.26. The van der Waals surface area contributed by atoms with Crippen molar-refractivity contribution >= 4 is 16.7 Å². The minimum atomic E-state index is -0.357. The number of rotatable bonds is 6. The molecule has 4 aromatic rings. The number of H-pyrrole nitrogens is 1. The van der Waals surface area contributed by atoms with Crippen molar-refractivity contribution in [1.82, 2.24) is 0 Å². The highest BCUT2D eigenvalue weighted by molar-refractivity contribution is 5.89. The van der Waals surface area contributed by atoms with Crippen molar-refractivity contribution in [3.8, 4) is 5.75 Å². The van der Waals surface area contributed by atoms with Crippen LogP contribution in [-0.2, 0) is 18.0 Å². The summed E-state index contributed by atoms with van der Waals surface area (Å²) in [6.07, 6.45) is 1.80. The molecule has 0 saturated carbocycles. The van der Waals surface area contributed by atoms with E-state index in [1.165, 1.54) is 0 Å². The fraction of sp³-hybridized carbons (Fsp3) is 0.0833. The molecule has 0 fully saturated rings. The van der Waals surface area contributed by atoms with Gasteiger partial charge in [-0.05, 0) is 35.2 Å². The summed E-state index contributed by atoms with van der Waals surface area (Å²) < 4.78 is 11.4. The van der Waals surface area contributed by atoms with E-state index < -0.39 is 0 Å². The first-order valence-corrected chi connectivity index (χ1v) is 9.12. The Kier molecular flexibility index (Phi) is 5.29. The molecule has 4 rings (SSSR count). The van der Waals surface area contributed by atoms with Crippen LogP contribution in [0.5, 0.6) is 5.75 Å². The van der Waals surface area contributed by atoms with Crippen LogP contribution in [-0.4, -0.2) is 5.97 Å². The molecule has 0 aliphatic carbocycles. The van der Waals surface area contributed by atoms with Gasteiger partial charge >= 0.3 is 5.97 Å². The van der Waals surface area contributed by atoms with Gasteiger partial charge in [-0.2, -0.15) is 0 Å². The van der Waals surface area contributed by atoms with Gasteiger partial charge in [0.15, 0.2) is 12.8 Å². The lowest BCUT2D eigenvalue weighted by Crippen LogP contribution is -2.13. The Labute approximate surface area is 163 Å². The SMILES string of the molecule is O=C(OCc1cccc[nH+]1)c1cccc(COc2cccc3ccccc23)c1. The second kappa shape index (κ2) is 8.35. The highest BCUT2D eigenvalue weighted by atomic mass is 16.5. The van der Waals surface area contributed by atoms with Crippen molar-refractivity contribution in [2.75, 3.05) is 0 Å². The summed E-state index contributed by atoms with van der Waals surface area (Å²) in [6, 6.07) is 27.1. The van der Waals surface area contributed by atoms with Gasteiger partial charge in [-0.15, -0.1) is 0 Å². The average Bonchev–Trinajstić information content (AvgIpc) is 2.77. The maximum absolute atomic E-state index is 12.3. The number of aromatic amines is 1. The van der Waals surface area contributed by atoms with Gasteiger partial charge in [-0.1, -0.05) is 48.5 Å². The fourth-order valence-electron chi connectivity index (χ4n) is 3.02. The van der Waals surface area contributed by atoms with E-state index in [-0.39, 0.29) is 12.6 Å². The quantitative estimate of drug-likeness (QED) is 0.467. The van der Waals surface area contributed by atoms with E-state index in [0.29, 0.717) is 12.2 Å². The molecule has 4 nitrogen and oxygen atoms in total. The number of aromatic nitrogens is 1. The molecule has 4 heteroatoms. The summed E-state index contributed by atoms with van der Waals surface area (Å²) in [4.78, 5) is 15.4. The van der Waals surface area contributed by atoms with Crippen LogP contribution in [0.3, 0.4) is 0 Å². The van der Waals surface area contributed by atoms with Crippen LogP contribution in [0, 0.1) is 0 Å². The largest absolute Gasteiger partial charge is 0.488 e. The third kappa shape index (κ3) is 4.18. The van der Waals surface area contributed by atoms with Crippen molar-refractivity contribution in [3.05, 3.63) is 108 Å². The lowest BCUT2D eigenvalue weighted by Gasteiger charge is -2.10. The highest BCUT2D eigenvalue weighted by Gasteiger charge is 2.11. The van der Waals surface area contributed by atoms with E-state index in [1.54, 1.807) is 12.3 Å². The van der Waals surface area contributed by atoms with Crippen molar-refractivity contribution in [2.24, 2.45) is 0 Å². The maximum atomic E-state index is 12.3. The van der Waals surface area contributed by atoms with Crippen LogP contribution in [0.4, 0.5) is 0 Å². The van der Waals surface area contributed by atoms with Gasteiger partial charge in [-0.25, -0.2) is 9.78 Å². The van der Waals surface area contributed by atoms with Gasteiger partial charge in [-0.3, -0.25) is 0 Å². The van der Waals surface area contributed by atoms with E-state index in [1.807, 2.05) is 66.7 Å². The molecule has 0 aliphatic heterocycles. The molecule has 138 valence electrons. The van der Waals surface area contributed by atoms with Crippen LogP contribution in [0.2, 0.25) is 0 Å². The molecular weight excluding hydrogens is 350 g/mol. The summed E-state index contributed by atoms with van der Waals surface area (Å²) in [5, 5.41) is 2.20. The van der Waals surface area contributed by atoms with Crippen LogP contribution < -0.4 is 9.72 Å². The number of fused-ring (bicyclic) bond motifs is 1. The number of pyridine rings is 1. The van der Waals surface area contributed by atoms with Gasteiger partial charge in [0, 0.05) is 17.5 Å². The van der Waals surface area contributed by atoms with Gasteiger partial charge in [0.05, 0.1) is 5.56 Å². The van der Waals surface area contributed by atoms with E-state index in [0.717, 1.165) is 27.8 Å². The van der Waals surface area contributed by atoms with Crippen LogP contribution in [0.1, 0.15) is 21.6 Å². The number of carbonyl (C=O) groups is 1. The van der Waals surface area contributed by atoms with Gasteiger partial charge < -0.3 is 9.47 Å². The number of hydrogen-bond acceptors (Lipinski definition) is 3. The zero-order valence-electron chi connectivity index (χ0n) is 15.3. The number of ether oxygens (including phenoxy) is 2. The average molecular weight is 370 g/mol. The van der Waals surface area contributed by atoms with Crippen LogP contribution >= 0.6 is 0 Å². The maximum Gasteiger partial charge on any atom is 0.338 e. The first-order valence-electron chi connectivity index (χ1n) is 9.12. The first-order chi connectivity index (χ1) is 13.8. The molecule has 1 N–H and O–H groups in total. The molecular formula is C24H20NO3+. The minimum absolute atomic E-state index is 0.205. The lowest BCUT2D eigenvalue weighted by atomic mass is 10.1. The molecule has 0 bridgehead atoms. The number of esters is 1. The van der Waals surface area contributed by atoms with Gasteiger partial charge in [0.25, 0.3) is 0 Å². The van der Waals surface area contributed by atoms with Gasteiger partial charge in [0.2, 0.25) is 5.69 Å². The predicted molar refractivity (Wildman–Crippen MR) is 107 cm³/mol. The summed E-state index contributed by atoms with van der Waals surface area (Å²) in [5.41, 5.74) is 2.26. The molecule has 1 aromatic heterocycles. The van der Waals surface area contributed by atoms with Crippen LogP contribution in [0.15, 0.2) is 91.1 Å². The number of hydrogen-bond donors (Lipinski definition) is 0. The molecule has 0 unspecified atom stereocenters. The second-order valence-corrected chi connectivity index (χ2v) is 6.43. The first kappa shape index (κ1) is 17.7. The third-order valence-corrected chi connectivity index (χ3v) is 4.44. The summed E-state index contributed by atoms with van der Waals surface area (Å²) in [5.74, 6) is 0.468. The molecule has 0 saturated heterocycles. The van der Waals surface area contributed by atoms with E-state index in [4.69, 9.17) is 9.47 Å². The Morgan fingerprint density at radius 1 is 0.821 bits per heavy atom. The Morgan fingerprint density at radius 3 is 2.54 bits per heavy atom. The Balaban J connectivity index is 1.42. The molecule has 0 aliphatic rings. The van der Waals surface area contributed by atoms with E-state index >= 15 is 0 Å². The summed E-state index contributed by atoms with van der Waals surface area (Å²) in [7, 11) is 0. The van der Waals surface area contributed by atoms with Crippen molar-refractivity contribution < 1.29 is 19.3 Å². The van der Waals surface area contributed by atoms with E-state index in [2.05, 4.69) is 17.1 Å². The Hall–Kier alpha value is -3.66. The summed E-state index contributed by atoms with van der Waals surface area (Å²) >= 11 is 0. The van der Waals surface area contributed by atoms with Gasteiger partial charge in [0.1, 0.15) is 12.4 Å².